The first-order chi connectivity index (χ1) is 7.99. The number of nitrogens with zero attached hydrogens (tertiary/aromatic N) is 2. The normalized spacial score (nSPS) is 13.8. The number of aromatic nitrogens is 2. The van der Waals surface area contributed by atoms with Crippen LogP contribution in [0.15, 0.2) is 18.7 Å². The van der Waals surface area contributed by atoms with Gasteiger partial charge in [0.25, 0.3) is 0 Å². The Morgan fingerprint density at radius 1 is 1.35 bits per heavy atom. The van der Waals surface area contributed by atoms with Crippen LogP contribution < -0.4 is 4.57 Å². The zero-order valence-electron chi connectivity index (χ0n) is 10.4. The van der Waals surface area contributed by atoms with E-state index in [4.69, 9.17) is 0 Å². The first-order valence-corrected chi connectivity index (χ1v) is 7.52. The van der Waals surface area contributed by atoms with Crippen molar-refractivity contribution in [2.24, 2.45) is 0 Å². The van der Waals surface area contributed by atoms with Gasteiger partial charge in [-0.3, -0.25) is 4.55 Å². The number of hydrogen-bond acceptors (Lipinski definition) is 2. The standard InChI is InChI=1S/C11H20N2O3S/c1-3-5-7-12-8-9-13(10-12)11(6-4-2)17(14,15)16/h8-11H,3-7H2,1-2H3/p+1. The highest BCUT2D eigenvalue weighted by Gasteiger charge is 2.28. The molecule has 0 aliphatic heterocycles. The van der Waals surface area contributed by atoms with Crippen molar-refractivity contribution in [2.75, 3.05) is 0 Å². The van der Waals surface area contributed by atoms with Crippen LogP contribution in [-0.4, -0.2) is 17.5 Å². The van der Waals surface area contributed by atoms with E-state index in [-0.39, 0.29) is 0 Å². The van der Waals surface area contributed by atoms with Gasteiger partial charge in [-0.05, 0) is 6.42 Å². The molecule has 1 unspecified atom stereocenters. The minimum absolute atomic E-state index is 0.418. The van der Waals surface area contributed by atoms with E-state index in [0.717, 1.165) is 19.4 Å². The molecule has 0 saturated heterocycles. The minimum Gasteiger partial charge on any atom is -0.282 e. The van der Waals surface area contributed by atoms with Crippen LogP contribution in [0.2, 0.25) is 0 Å². The van der Waals surface area contributed by atoms with Gasteiger partial charge in [-0.2, -0.15) is 8.42 Å². The molecular weight excluding hydrogens is 240 g/mol. The average Bonchev–Trinajstić information content (AvgIpc) is 2.69. The van der Waals surface area contributed by atoms with Gasteiger partial charge >= 0.3 is 10.1 Å². The maximum absolute atomic E-state index is 11.3. The Balaban J connectivity index is 2.85. The molecule has 98 valence electrons. The van der Waals surface area contributed by atoms with E-state index in [1.54, 1.807) is 17.1 Å². The molecule has 6 heteroatoms. The highest BCUT2D eigenvalue weighted by Crippen LogP contribution is 2.18. The summed E-state index contributed by atoms with van der Waals surface area (Å²) in [6.07, 6.45) is 8.55. The van der Waals surface area contributed by atoms with E-state index < -0.39 is 15.5 Å². The fraction of sp³-hybridized carbons (Fsp3) is 0.727. The van der Waals surface area contributed by atoms with Crippen LogP contribution in [0.3, 0.4) is 0 Å². The first-order valence-electron chi connectivity index (χ1n) is 6.01. The Hall–Kier alpha value is -0.880. The fourth-order valence-corrected chi connectivity index (χ4v) is 2.72. The van der Waals surface area contributed by atoms with Crippen LogP contribution in [0.5, 0.6) is 0 Å². The van der Waals surface area contributed by atoms with Crippen molar-refractivity contribution >= 4 is 10.1 Å². The van der Waals surface area contributed by atoms with E-state index in [9.17, 15) is 13.0 Å². The molecule has 1 atom stereocenters. The van der Waals surface area contributed by atoms with Crippen LogP contribution in [-0.2, 0) is 16.7 Å². The van der Waals surface area contributed by atoms with Crippen molar-refractivity contribution in [3.8, 4) is 0 Å². The fourth-order valence-electron chi connectivity index (χ4n) is 1.75. The lowest BCUT2D eigenvalue weighted by atomic mass is 10.3. The second kappa shape index (κ2) is 6.16. The second-order valence-electron chi connectivity index (χ2n) is 4.21. The van der Waals surface area contributed by atoms with Crippen LogP contribution >= 0.6 is 0 Å². The Morgan fingerprint density at radius 2 is 2.06 bits per heavy atom. The summed E-state index contributed by atoms with van der Waals surface area (Å²) in [5.74, 6) is 0. The summed E-state index contributed by atoms with van der Waals surface area (Å²) >= 11 is 0. The smallest absolute Gasteiger partial charge is 0.282 e. The van der Waals surface area contributed by atoms with Crippen molar-refractivity contribution in [2.45, 2.75) is 51.4 Å². The van der Waals surface area contributed by atoms with Crippen molar-refractivity contribution in [1.29, 1.82) is 0 Å². The molecule has 1 aromatic rings. The zero-order chi connectivity index (χ0) is 12.9. The number of rotatable bonds is 7. The van der Waals surface area contributed by atoms with E-state index in [1.165, 1.54) is 0 Å². The van der Waals surface area contributed by atoms with Gasteiger partial charge in [-0.25, -0.2) is 9.13 Å². The zero-order valence-corrected chi connectivity index (χ0v) is 11.2. The van der Waals surface area contributed by atoms with Crippen LogP contribution in [0.4, 0.5) is 0 Å². The van der Waals surface area contributed by atoms with E-state index in [0.29, 0.717) is 12.8 Å². The summed E-state index contributed by atoms with van der Waals surface area (Å²) in [5.41, 5.74) is 0. The molecule has 0 spiro atoms. The van der Waals surface area contributed by atoms with Gasteiger partial charge in [0.05, 0.1) is 6.54 Å². The maximum Gasteiger partial charge on any atom is 0.307 e. The molecule has 5 nitrogen and oxygen atoms in total. The SMILES string of the molecule is CCCC[n+]1ccn(C(CCC)S(=O)(=O)O)c1. The Bertz CT molecular complexity index is 439. The highest BCUT2D eigenvalue weighted by atomic mass is 32.2. The molecule has 1 heterocycles. The topological polar surface area (TPSA) is 63.2 Å². The van der Waals surface area contributed by atoms with E-state index >= 15 is 0 Å². The molecule has 0 bridgehead atoms. The molecular formula is C11H21N2O3S+. The van der Waals surface area contributed by atoms with E-state index in [2.05, 4.69) is 6.92 Å². The summed E-state index contributed by atoms with van der Waals surface area (Å²) in [5, 5.41) is -0.865. The lowest BCUT2D eigenvalue weighted by molar-refractivity contribution is -0.696. The second-order valence-corrected chi connectivity index (χ2v) is 5.78. The van der Waals surface area contributed by atoms with Gasteiger partial charge < -0.3 is 0 Å². The molecule has 1 rings (SSSR count). The monoisotopic (exact) mass is 261 g/mol. The molecule has 0 saturated carbocycles. The molecule has 1 aromatic heterocycles. The van der Waals surface area contributed by atoms with Crippen LogP contribution in [0, 0.1) is 0 Å². The summed E-state index contributed by atoms with van der Waals surface area (Å²) in [7, 11) is -4.04. The molecule has 17 heavy (non-hydrogen) atoms. The molecule has 0 amide bonds. The van der Waals surface area contributed by atoms with Crippen LogP contribution in [0.25, 0.3) is 0 Å². The van der Waals surface area contributed by atoms with Crippen molar-refractivity contribution < 1.29 is 17.5 Å². The van der Waals surface area contributed by atoms with E-state index in [1.807, 2.05) is 17.7 Å². The third-order valence-electron chi connectivity index (χ3n) is 2.69. The minimum atomic E-state index is -4.04. The van der Waals surface area contributed by atoms with Crippen molar-refractivity contribution in [3.63, 3.8) is 0 Å². The average molecular weight is 261 g/mol. The van der Waals surface area contributed by atoms with Crippen molar-refractivity contribution in [1.82, 2.24) is 4.57 Å². The number of hydrogen-bond donors (Lipinski definition) is 1. The first kappa shape index (κ1) is 14.2. The lowest BCUT2D eigenvalue weighted by Gasteiger charge is -2.08. The van der Waals surface area contributed by atoms with Gasteiger partial charge in [-0.15, -0.1) is 0 Å². The Labute approximate surface area is 103 Å². The summed E-state index contributed by atoms with van der Waals surface area (Å²) in [4.78, 5) is 0. The van der Waals surface area contributed by atoms with Gasteiger partial charge in [0.15, 0.2) is 0 Å². The van der Waals surface area contributed by atoms with Gasteiger partial charge in [0.1, 0.15) is 12.4 Å². The molecule has 0 fully saturated rings. The Morgan fingerprint density at radius 3 is 2.59 bits per heavy atom. The molecule has 1 N–H and O–H groups in total. The number of unbranched alkanes of at least 4 members (excludes halogenated alkanes) is 1. The molecule has 0 aliphatic rings. The summed E-state index contributed by atoms with van der Waals surface area (Å²) < 4.78 is 35.2. The third kappa shape index (κ3) is 4.12. The predicted molar refractivity (Wildman–Crippen MR) is 65.0 cm³/mol. The Kier molecular flexibility index (Phi) is 5.14. The lowest BCUT2D eigenvalue weighted by Crippen LogP contribution is -2.31. The largest absolute Gasteiger partial charge is 0.307 e. The highest BCUT2D eigenvalue weighted by molar-refractivity contribution is 7.85. The third-order valence-corrected chi connectivity index (χ3v) is 3.86. The van der Waals surface area contributed by atoms with Crippen molar-refractivity contribution in [3.05, 3.63) is 18.7 Å². The van der Waals surface area contributed by atoms with Gasteiger partial charge in [0.2, 0.25) is 11.7 Å². The molecule has 0 aliphatic carbocycles. The number of imidazole rings is 1. The van der Waals surface area contributed by atoms with Gasteiger partial charge in [-0.1, -0.05) is 26.7 Å². The quantitative estimate of drug-likeness (QED) is 0.601. The number of aryl methyl sites for hydroxylation is 1. The summed E-state index contributed by atoms with van der Waals surface area (Å²) in [6.45, 7) is 4.87. The molecule has 0 aromatic carbocycles. The van der Waals surface area contributed by atoms with Crippen LogP contribution in [0.1, 0.15) is 44.9 Å². The van der Waals surface area contributed by atoms with Gasteiger partial charge in [0, 0.05) is 6.42 Å². The molecule has 0 radical (unpaired) electrons. The maximum atomic E-state index is 11.3. The predicted octanol–water partition coefficient (Wildman–Crippen LogP) is 1.76. The summed E-state index contributed by atoms with van der Waals surface area (Å²) in [6, 6.07) is 0.